The third kappa shape index (κ3) is 5.73. The summed E-state index contributed by atoms with van der Waals surface area (Å²) in [7, 11) is 3.47. The molecule has 12 nitrogen and oxygen atoms in total. The van der Waals surface area contributed by atoms with Crippen molar-refractivity contribution in [2.75, 3.05) is 40.0 Å². The summed E-state index contributed by atoms with van der Waals surface area (Å²) in [5.74, 6) is 1.73. The van der Waals surface area contributed by atoms with E-state index in [1.807, 2.05) is 35.9 Å². The minimum absolute atomic E-state index is 0.0455. The summed E-state index contributed by atoms with van der Waals surface area (Å²) in [6, 6.07) is 10.8. The molecule has 0 bridgehead atoms. The van der Waals surface area contributed by atoms with Crippen LogP contribution in [0.3, 0.4) is 0 Å². The molecule has 1 unspecified atom stereocenters. The molecule has 3 N–H and O–H groups in total. The second-order valence-electron chi connectivity index (χ2n) is 11.3. The number of para-hydroxylation sites is 1. The van der Waals surface area contributed by atoms with E-state index in [9.17, 15) is 18.8 Å². The third-order valence-electron chi connectivity index (χ3n) is 8.26. The fraction of sp³-hybridized carbons (Fsp3) is 0.419. The Bertz CT molecular complexity index is 1740. The van der Waals surface area contributed by atoms with Crippen LogP contribution < -0.4 is 15.4 Å². The number of rotatable bonds is 11. The Balaban J connectivity index is 1.34. The molecule has 1 fully saturated rings. The average molecular weight is 607 g/mol. The molecule has 1 saturated carbocycles. The number of amides is 3. The lowest BCUT2D eigenvalue weighted by Crippen LogP contribution is -2.48. The fourth-order valence-electron chi connectivity index (χ4n) is 5.89. The number of ether oxygens (including phenoxy) is 2. The van der Waals surface area contributed by atoms with Gasteiger partial charge in [-0.15, -0.1) is 0 Å². The highest BCUT2D eigenvalue weighted by atomic mass is 19.1. The largest absolute Gasteiger partial charge is 0.488 e. The monoisotopic (exact) mass is 606 g/mol. The first kappa shape index (κ1) is 29.3. The molecule has 0 radical (unpaired) electrons. The number of carbonyl (C=O) groups is 3. The van der Waals surface area contributed by atoms with Gasteiger partial charge in [-0.25, -0.2) is 19.0 Å². The second kappa shape index (κ2) is 12.1. The van der Waals surface area contributed by atoms with E-state index in [1.165, 1.54) is 11.9 Å². The van der Waals surface area contributed by atoms with E-state index >= 15 is 0 Å². The van der Waals surface area contributed by atoms with Crippen molar-refractivity contribution in [3.63, 3.8) is 0 Å². The number of carboxylic acid groups (broad SMARTS) is 1. The highest BCUT2D eigenvalue weighted by Gasteiger charge is 2.30. The zero-order valence-electron chi connectivity index (χ0n) is 24.6. The van der Waals surface area contributed by atoms with Gasteiger partial charge in [0.15, 0.2) is 5.82 Å². The van der Waals surface area contributed by atoms with E-state index < -0.39 is 24.9 Å². The van der Waals surface area contributed by atoms with Crippen molar-refractivity contribution in [2.24, 2.45) is 13.0 Å². The van der Waals surface area contributed by atoms with E-state index in [-0.39, 0.29) is 25.7 Å². The highest BCUT2D eigenvalue weighted by molar-refractivity contribution is 6.01. The Morgan fingerprint density at radius 1 is 1.20 bits per heavy atom. The Hall–Kier alpha value is -4.81. The van der Waals surface area contributed by atoms with Crippen molar-refractivity contribution < 1.29 is 33.4 Å². The number of carbonyl (C=O) groups excluding carboxylic acids is 2. The lowest BCUT2D eigenvalue weighted by atomic mass is 9.97. The summed E-state index contributed by atoms with van der Waals surface area (Å²) in [6.07, 6.45) is 1.04. The maximum atomic E-state index is 13.4. The van der Waals surface area contributed by atoms with Gasteiger partial charge in [-0.05, 0) is 55.0 Å². The summed E-state index contributed by atoms with van der Waals surface area (Å²) in [4.78, 5) is 42.4. The number of nitrogens with one attached hydrogen (secondary N) is 2. The smallest absolute Gasteiger partial charge is 0.406 e. The van der Waals surface area contributed by atoms with Crippen molar-refractivity contribution in [1.29, 1.82) is 0 Å². The van der Waals surface area contributed by atoms with Crippen molar-refractivity contribution in [3.8, 4) is 17.3 Å². The van der Waals surface area contributed by atoms with Gasteiger partial charge in [-0.1, -0.05) is 12.1 Å². The number of hydrogen-bond donors (Lipinski definition) is 3. The standard InChI is InChI=1S/C31H35FN6O6/c1-33-31(42)44-11-10-43-26-5-3-4-20-13-25(38(27(20)26)16-18-6-7-18)28-35-23-14-22-19(12-24(23)36(28)2)8-9-37(29(22)39)17-21(15-32)34-30(40)41/h3-5,12-14,18,21,34H,6-11,15-17H2,1-2H3,(H,33,42)(H,40,41). The lowest BCUT2D eigenvalue weighted by molar-refractivity contribution is 0.0714. The molecule has 1 aliphatic carbocycles. The molecule has 232 valence electrons. The Morgan fingerprint density at radius 2 is 2.02 bits per heavy atom. The van der Waals surface area contributed by atoms with Crippen LogP contribution >= 0.6 is 0 Å². The van der Waals surface area contributed by atoms with Crippen molar-refractivity contribution in [2.45, 2.75) is 31.8 Å². The van der Waals surface area contributed by atoms with Gasteiger partial charge < -0.3 is 39.2 Å². The first-order chi connectivity index (χ1) is 21.3. The zero-order chi connectivity index (χ0) is 31.0. The highest BCUT2D eigenvalue weighted by Crippen LogP contribution is 2.39. The molecular formula is C31H35FN6O6. The SMILES string of the molecule is CNC(=O)OCCOc1cccc2cc(-c3nc4cc5c(cc4n3C)CCN(CC(CF)NC(=O)O)C5=O)n(CC3CC3)c12. The first-order valence-corrected chi connectivity index (χ1v) is 14.7. The summed E-state index contributed by atoms with van der Waals surface area (Å²) < 4.78 is 28.9. The molecule has 0 saturated heterocycles. The summed E-state index contributed by atoms with van der Waals surface area (Å²) >= 11 is 0. The van der Waals surface area contributed by atoms with Crippen LogP contribution in [0.1, 0.15) is 28.8 Å². The minimum Gasteiger partial charge on any atom is -0.488 e. The normalized spacial score (nSPS) is 15.3. The van der Waals surface area contributed by atoms with E-state index in [4.69, 9.17) is 19.6 Å². The number of imidazole rings is 1. The molecule has 2 aliphatic rings. The lowest BCUT2D eigenvalue weighted by Gasteiger charge is -2.31. The van der Waals surface area contributed by atoms with Gasteiger partial charge in [-0.2, -0.15) is 0 Å². The second-order valence-corrected chi connectivity index (χ2v) is 11.3. The van der Waals surface area contributed by atoms with Gasteiger partial charge in [0, 0.05) is 44.7 Å². The quantitative estimate of drug-likeness (QED) is 0.220. The number of hydrogen-bond acceptors (Lipinski definition) is 6. The van der Waals surface area contributed by atoms with Crippen LogP contribution in [0.2, 0.25) is 0 Å². The molecular weight excluding hydrogens is 571 g/mol. The molecule has 13 heteroatoms. The molecule has 4 aromatic rings. The van der Waals surface area contributed by atoms with Crippen molar-refractivity contribution >= 4 is 40.0 Å². The van der Waals surface area contributed by atoms with Crippen LogP contribution in [0.4, 0.5) is 14.0 Å². The minimum atomic E-state index is -1.33. The van der Waals surface area contributed by atoms with Crippen LogP contribution in [-0.2, 0) is 24.8 Å². The summed E-state index contributed by atoms with van der Waals surface area (Å²) in [6.45, 7) is 0.543. The molecule has 3 heterocycles. The van der Waals surface area contributed by atoms with E-state index in [1.54, 1.807) is 6.07 Å². The predicted molar refractivity (Wildman–Crippen MR) is 161 cm³/mol. The summed E-state index contributed by atoms with van der Waals surface area (Å²) in [5, 5.41) is 14.6. The van der Waals surface area contributed by atoms with Gasteiger partial charge in [0.25, 0.3) is 5.91 Å². The molecule has 44 heavy (non-hydrogen) atoms. The van der Waals surface area contributed by atoms with Crippen molar-refractivity contribution in [3.05, 3.63) is 47.5 Å². The van der Waals surface area contributed by atoms with E-state index in [0.29, 0.717) is 35.7 Å². The van der Waals surface area contributed by atoms with Crippen LogP contribution in [-0.4, -0.2) is 88.3 Å². The number of alkyl halides is 1. The average Bonchev–Trinajstić information content (AvgIpc) is 3.68. The number of aromatic nitrogens is 3. The van der Waals surface area contributed by atoms with Crippen LogP contribution in [0.5, 0.6) is 5.75 Å². The fourth-order valence-corrected chi connectivity index (χ4v) is 5.89. The maximum absolute atomic E-state index is 13.4. The Kier molecular flexibility index (Phi) is 8.02. The molecule has 2 aromatic heterocycles. The molecule has 2 aromatic carbocycles. The number of fused-ring (bicyclic) bond motifs is 3. The summed E-state index contributed by atoms with van der Waals surface area (Å²) in [5.41, 5.74) is 4.80. The predicted octanol–water partition coefficient (Wildman–Crippen LogP) is 3.94. The van der Waals surface area contributed by atoms with E-state index in [2.05, 4.69) is 21.3 Å². The van der Waals surface area contributed by atoms with E-state index in [0.717, 1.165) is 52.9 Å². The van der Waals surface area contributed by atoms with Crippen LogP contribution in [0, 0.1) is 5.92 Å². The third-order valence-corrected chi connectivity index (χ3v) is 8.26. The molecule has 3 amide bonds. The Labute approximate surface area is 252 Å². The first-order valence-electron chi connectivity index (χ1n) is 14.7. The van der Waals surface area contributed by atoms with Gasteiger partial charge in [0.05, 0.1) is 28.3 Å². The van der Waals surface area contributed by atoms with Crippen LogP contribution in [0.15, 0.2) is 36.4 Å². The van der Waals surface area contributed by atoms with Gasteiger partial charge in [-0.3, -0.25) is 4.79 Å². The number of benzene rings is 2. The van der Waals surface area contributed by atoms with Crippen molar-refractivity contribution in [1.82, 2.24) is 29.7 Å². The number of alkyl carbamates (subject to hydrolysis) is 1. The topological polar surface area (TPSA) is 140 Å². The molecule has 1 atom stereocenters. The van der Waals surface area contributed by atoms with Gasteiger partial charge in [0.1, 0.15) is 25.6 Å². The number of nitrogens with zero attached hydrogens (tertiary/aromatic N) is 4. The zero-order valence-corrected chi connectivity index (χ0v) is 24.6. The number of halogens is 1. The number of aryl methyl sites for hydroxylation is 1. The maximum Gasteiger partial charge on any atom is 0.406 e. The molecule has 0 spiro atoms. The van der Waals surface area contributed by atoms with Gasteiger partial charge in [0.2, 0.25) is 0 Å². The van der Waals surface area contributed by atoms with Gasteiger partial charge >= 0.3 is 12.2 Å². The molecule has 1 aliphatic heterocycles. The molecule has 6 rings (SSSR count). The van der Waals surface area contributed by atoms with Crippen LogP contribution in [0.25, 0.3) is 33.5 Å². The Morgan fingerprint density at radius 3 is 2.75 bits per heavy atom.